The number of hydrogen-bond donors (Lipinski definition) is 0. The number of ether oxygens (including phenoxy) is 1. The van der Waals surface area contributed by atoms with Crippen LogP contribution < -0.4 is 0 Å². The third-order valence-corrected chi connectivity index (χ3v) is 4.09. The Morgan fingerprint density at radius 2 is 2.22 bits per heavy atom. The van der Waals surface area contributed by atoms with E-state index in [4.69, 9.17) is 9.72 Å². The molecule has 0 aliphatic carbocycles. The predicted octanol–water partition coefficient (Wildman–Crippen LogP) is 2.49. The first-order valence-electron chi connectivity index (χ1n) is 6.04. The third-order valence-electron chi connectivity index (χ3n) is 3.62. The number of rotatable bonds is 2. The average molecular weight is 310 g/mol. The maximum Gasteiger partial charge on any atom is 0.137 e. The monoisotopic (exact) mass is 309 g/mol. The highest BCUT2D eigenvalue weighted by molar-refractivity contribution is 9.10. The number of pyridine rings is 1. The van der Waals surface area contributed by atoms with E-state index in [1.54, 1.807) is 7.11 Å². The van der Waals surface area contributed by atoms with Gasteiger partial charge in [0.05, 0.1) is 17.8 Å². The van der Waals surface area contributed by atoms with Gasteiger partial charge in [-0.2, -0.15) is 0 Å². The number of fused-ring (bicyclic) bond motifs is 1. The molecule has 0 amide bonds. The van der Waals surface area contributed by atoms with Crippen molar-refractivity contribution in [2.24, 2.45) is 0 Å². The van der Waals surface area contributed by atoms with Gasteiger partial charge in [-0.05, 0) is 41.5 Å². The van der Waals surface area contributed by atoms with Gasteiger partial charge in [0, 0.05) is 30.5 Å². The number of halogens is 1. The Labute approximate surface area is 115 Å². The van der Waals surface area contributed by atoms with Crippen LogP contribution in [0, 0.1) is 0 Å². The summed E-state index contributed by atoms with van der Waals surface area (Å²) in [5.41, 5.74) is 2.11. The molecule has 1 fully saturated rings. The van der Waals surface area contributed by atoms with E-state index in [9.17, 15) is 0 Å². The van der Waals surface area contributed by atoms with E-state index in [1.807, 2.05) is 18.3 Å². The van der Waals surface area contributed by atoms with Crippen molar-refractivity contribution in [1.82, 2.24) is 14.3 Å². The Balaban J connectivity index is 1.94. The first kappa shape index (κ1) is 12.1. The summed E-state index contributed by atoms with van der Waals surface area (Å²) in [5, 5.41) is 0. The number of hydrogen-bond acceptors (Lipinski definition) is 3. The van der Waals surface area contributed by atoms with Gasteiger partial charge in [0.2, 0.25) is 0 Å². The lowest BCUT2D eigenvalue weighted by atomic mass is 10.1. The Kier molecular flexibility index (Phi) is 3.13. The van der Waals surface area contributed by atoms with E-state index in [0.29, 0.717) is 12.1 Å². The summed E-state index contributed by atoms with van der Waals surface area (Å²) in [7, 11) is 3.91. The first-order chi connectivity index (χ1) is 8.67. The van der Waals surface area contributed by atoms with Crippen molar-refractivity contribution in [3.63, 3.8) is 0 Å². The maximum atomic E-state index is 5.44. The summed E-state index contributed by atoms with van der Waals surface area (Å²) in [6.45, 7) is 0.971. The molecule has 18 heavy (non-hydrogen) atoms. The number of nitrogens with zero attached hydrogens (tertiary/aromatic N) is 3. The van der Waals surface area contributed by atoms with Crippen molar-refractivity contribution in [2.75, 3.05) is 20.7 Å². The normalized spacial score (nSPS) is 25.1. The fourth-order valence-corrected chi connectivity index (χ4v) is 2.97. The molecule has 0 saturated carbocycles. The van der Waals surface area contributed by atoms with Crippen molar-refractivity contribution in [1.29, 1.82) is 0 Å². The Bertz CT molecular complexity index is 568. The summed E-state index contributed by atoms with van der Waals surface area (Å²) in [6.07, 6.45) is 5.47. The average Bonchev–Trinajstić information content (AvgIpc) is 2.91. The molecular weight excluding hydrogens is 294 g/mol. The lowest BCUT2D eigenvalue weighted by Crippen LogP contribution is -2.20. The maximum absolute atomic E-state index is 5.44. The lowest BCUT2D eigenvalue weighted by molar-refractivity contribution is 0.111. The highest BCUT2D eigenvalue weighted by atomic mass is 79.9. The highest BCUT2D eigenvalue weighted by Gasteiger charge is 2.32. The number of likely N-dealkylation sites (tertiary alicyclic amines) is 1. The zero-order chi connectivity index (χ0) is 12.7. The zero-order valence-corrected chi connectivity index (χ0v) is 12.1. The molecule has 5 heteroatoms. The zero-order valence-electron chi connectivity index (χ0n) is 10.5. The highest BCUT2D eigenvalue weighted by Crippen LogP contribution is 2.31. The van der Waals surface area contributed by atoms with Crippen LogP contribution in [0.15, 0.2) is 29.0 Å². The van der Waals surface area contributed by atoms with Gasteiger partial charge in [-0.25, -0.2) is 4.98 Å². The van der Waals surface area contributed by atoms with Crippen molar-refractivity contribution < 1.29 is 4.74 Å². The molecule has 3 rings (SSSR count). The SMILES string of the molecule is COC1CC(c2cn3cc(Br)ccc3n2)N(C)C1. The Morgan fingerprint density at radius 3 is 2.94 bits per heavy atom. The molecule has 0 radical (unpaired) electrons. The van der Waals surface area contributed by atoms with Gasteiger partial charge >= 0.3 is 0 Å². The van der Waals surface area contributed by atoms with Crippen LogP contribution >= 0.6 is 15.9 Å². The minimum atomic E-state index is 0.316. The van der Waals surface area contributed by atoms with Crippen LogP contribution in [0.3, 0.4) is 0 Å². The number of aromatic nitrogens is 2. The molecule has 2 aromatic rings. The molecule has 0 spiro atoms. The fourth-order valence-electron chi connectivity index (χ4n) is 2.61. The standard InChI is InChI=1S/C13H16BrN3O/c1-16-7-10(18-2)5-12(16)11-8-17-6-9(14)3-4-13(17)15-11/h3-4,6,8,10,12H,5,7H2,1-2H3. The van der Waals surface area contributed by atoms with E-state index in [0.717, 1.165) is 28.8 Å². The van der Waals surface area contributed by atoms with Gasteiger partial charge < -0.3 is 9.14 Å². The summed E-state index contributed by atoms with van der Waals surface area (Å²) < 4.78 is 8.57. The molecule has 4 nitrogen and oxygen atoms in total. The molecule has 0 bridgehead atoms. The van der Waals surface area contributed by atoms with Crippen molar-refractivity contribution in [2.45, 2.75) is 18.6 Å². The molecule has 1 saturated heterocycles. The van der Waals surface area contributed by atoms with Crippen LogP contribution in [-0.4, -0.2) is 41.1 Å². The summed E-state index contributed by atoms with van der Waals surface area (Å²) >= 11 is 3.48. The van der Waals surface area contributed by atoms with Crippen LogP contribution in [-0.2, 0) is 4.74 Å². The van der Waals surface area contributed by atoms with Gasteiger partial charge in [0.1, 0.15) is 5.65 Å². The minimum Gasteiger partial charge on any atom is -0.380 e. The molecule has 1 aliphatic heterocycles. The van der Waals surface area contributed by atoms with Gasteiger partial charge in [0.25, 0.3) is 0 Å². The molecule has 96 valence electrons. The van der Waals surface area contributed by atoms with Crippen molar-refractivity contribution in [3.8, 4) is 0 Å². The molecule has 3 heterocycles. The van der Waals surface area contributed by atoms with E-state index in [-0.39, 0.29) is 0 Å². The quantitative estimate of drug-likeness (QED) is 0.853. The molecule has 2 unspecified atom stereocenters. The van der Waals surface area contributed by atoms with Crippen LogP contribution in [0.25, 0.3) is 5.65 Å². The van der Waals surface area contributed by atoms with Crippen molar-refractivity contribution in [3.05, 3.63) is 34.7 Å². The van der Waals surface area contributed by atoms with Gasteiger partial charge in [-0.3, -0.25) is 4.90 Å². The summed E-state index contributed by atoms with van der Waals surface area (Å²) in [6, 6.07) is 4.40. The van der Waals surface area contributed by atoms with Gasteiger partial charge in [-0.1, -0.05) is 0 Å². The lowest BCUT2D eigenvalue weighted by Gasteiger charge is -2.15. The second kappa shape index (κ2) is 4.64. The summed E-state index contributed by atoms with van der Waals surface area (Å²) in [5.74, 6) is 0. The summed E-state index contributed by atoms with van der Waals surface area (Å²) in [4.78, 5) is 7.01. The minimum absolute atomic E-state index is 0.316. The van der Waals surface area contributed by atoms with Crippen LogP contribution in [0.4, 0.5) is 0 Å². The number of methoxy groups -OCH3 is 1. The Morgan fingerprint density at radius 1 is 1.39 bits per heavy atom. The fraction of sp³-hybridized carbons (Fsp3) is 0.462. The van der Waals surface area contributed by atoms with Gasteiger partial charge in [-0.15, -0.1) is 0 Å². The second-order valence-electron chi connectivity index (χ2n) is 4.83. The van der Waals surface area contributed by atoms with Crippen LogP contribution in [0.1, 0.15) is 18.2 Å². The molecular formula is C13H16BrN3O. The predicted molar refractivity (Wildman–Crippen MR) is 73.7 cm³/mol. The van der Waals surface area contributed by atoms with E-state index in [2.05, 4.69) is 38.5 Å². The van der Waals surface area contributed by atoms with E-state index in [1.165, 1.54) is 0 Å². The smallest absolute Gasteiger partial charge is 0.137 e. The number of imidazole rings is 1. The van der Waals surface area contributed by atoms with E-state index >= 15 is 0 Å². The first-order valence-corrected chi connectivity index (χ1v) is 6.84. The number of likely N-dealkylation sites (N-methyl/N-ethyl adjacent to an activating group) is 1. The van der Waals surface area contributed by atoms with Gasteiger partial charge in [0.15, 0.2) is 0 Å². The van der Waals surface area contributed by atoms with Crippen LogP contribution in [0.5, 0.6) is 0 Å². The largest absolute Gasteiger partial charge is 0.380 e. The molecule has 0 N–H and O–H groups in total. The van der Waals surface area contributed by atoms with Crippen molar-refractivity contribution >= 4 is 21.6 Å². The third kappa shape index (κ3) is 2.06. The molecule has 2 aromatic heterocycles. The molecule has 0 aromatic carbocycles. The topological polar surface area (TPSA) is 29.8 Å². The van der Waals surface area contributed by atoms with Crippen LogP contribution in [0.2, 0.25) is 0 Å². The second-order valence-corrected chi connectivity index (χ2v) is 5.74. The Hall–Kier alpha value is -0.910. The van der Waals surface area contributed by atoms with E-state index < -0.39 is 0 Å². The molecule has 2 atom stereocenters. The molecule has 1 aliphatic rings.